The van der Waals surface area contributed by atoms with Crippen LogP contribution in [0.25, 0.3) is 0 Å². The zero-order valence-corrected chi connectivity index (χ0v) is 11.9. The summed E-state index contributed by atoms with van der Waals surface area (Å²) in [5.74, 6) is 0.234. The third-order valence-corrected chi connectivity index (χ3v) is 3.71. The summed E-state index contributed by atoms with van der Waals surface area (Å²) in [4.78, 5) is 14.3. The van der Waals surface area contributed by atoms with Crippen molar-refractivity contribution >= 4 is 5.78 Å². The number of carbonyl (C=O) groups is 1. The van der Waals surface area contributed by atoms with Gasteiger partial charge in [0.15, 0.2) is 5.78 Å². The first-order chi connectivity index (χ1) is 9.16. The van der Waals surface area contributed by atoms with E-state index in [2.05, 4.69) is 11.9 Å². The monoisotopic (exact) mass is 261 g/mol. The minimum absolute atomic E-state index is 0.234. The molecule has 104 valence electrons. The number of ether oxygens (including phenoxy) is 1. The van der Waals surface area contributed by atoms with Crippen LogP contribution in [-0.2, 0) is 4.74 Å². The summed E-state index contributed by atoms with van der Waals surface area (Å²) in [5.41, 5.74) is 1.92. The average Bonchev–Trinajstić information content (AvgIpc) is 2.89. The highest BCUT2D eigenvalue weighted by atomic mass is 16.5. The first-order valence-corrected chi connectivity index (χ1v) is 7.06. The van der Waals surface area contributed by atoms with Gasteiger partial charge in [-0.2, -0.15) is 0 Å². The second kappa shape index (κ2) is 6.83. The molecule has 1 aliphatic rings. The Morgan fingerprint density at radius 3 is 2.89 bits per heavy atom. The fourth-order valence-electron chi connectivity index (χ4n) is 2.54. The van der Waals surface area contributed by atoms with E-state index in [1.165, 1.54) is 6.42 Å². The lowest BCUT2D eigenvalue weighted by Crippen LogP contribution is -2.30. The molecule has 1 aliphatic heterocycles. The van der Waals surface area contributed by atoms with Crippen molar-refractivity contribution in [3.63, 3.8) is 0 Å². The average molecular weight is 261 g/mol. The number of likely N-dealkylation sites (N-methyl/N-ethyl adjacent to an activating group) is 1. The summed E-state index contributed by atoms with van der Waals surface area (Å²) in [7, 11) is 2.06. The standard InChI is InChI=1S/C16H23NO2/c1-13-6-3-4-8-15(13)16(18)9-10-17(2)12-14-7-5-11-19-14/h3-4,6,8,14H,5,7,9-12H2,1-2H3. The molecule has 1 fully saturated rings. The Hall–Kier alpha value is -1.19. The van der Waals surface area contributed by atoms with E-state index in [0.717, 1.165) is 37.2 Å². The number of nitrogens with zero attached hydrogens (tertiary/aromatic N) is 1. The van der Waals surface area contributed by atoms with Crippen LogP contribution in [0.4, 0.5) is 0 Å². The van der Waals surface area contributed by atoms with Crippen LogP contribution in [0.5, 0.6) is 0 Å². The molecule has 1 unspecified atom stereocenters. The molecule has 3 nitrogen and oxygen atoms in total. The van der Waals surface area contributed by atoms with Gasteiger partial charge in [0.2, 0.25) is 0 Å². The second-order valence-corrected chi connectivity index (χ2v) is 5.39. The number of carbonyl (C=O) groups excluding carboxylic acids is 1. The van der Waals surface area contributed by atoms with E-state index in [-0.39, 0.29) is 5.78 Å². The largest absolute Gasteiger partial charge is 0.377 e. The zero-order valence-electron chi connectivity index (χ0n) is 11.9. The Bertz CT molecular complexity index is 425. The quantitative estimate of drug-likeness (QED) is 0.737. The molecule has 0 aliphatic carbocycles. The Kier molecular flexibility index (Phi) is 5.11. The van der Waals surface area contributed by atoms with Gasteiger partial charge in [-0.05, 0) is 32.4 Å². The van der Waals surface area contributed by atoms with Crippen molar-refractivity contribution in [3.05, 3.63) is 35.4 Å². The lowest BCUT2D eigenvalue weighted by atomic mass is 10.0. The molecule has 2 rings (SSSR count). The highest BCUT2D eigenvalue weighted by molar-refractivity contribution is 5.97. The minimum Gasteiger partial charge on any atom is -0.377 e. The SMILES string of the molecule is Cc1ccccc1C(=O)CCN(C)CC1CCCO1. The lowest BCUT2D eigenvalue weighted by Gasteiger charge is -2.20. The van der Waals surface area contributed by atoms with Crippen LogP contribution in [0.1, 0.15) is 35.2 Å². The molecule has 1 aromatic carbocycles. The number of ketones is 1. The number of hydrogen-bond acceptors (Lipinski definition) is 3. The Balaban J connectivity index is 1.78. The normalized spacial score (nSPS) is 19.0. The first-order valence-electron chi connectivity index (χ1n) is 7.06. The predicted octanol–water partition coefficient (Wildman–Crippen LogP) is 2.68. The molecule has 0 spiro atoms. The van der Waals surface area contributed by atoms with E-state index in [4.69, 9.17) is 4.74 Å². The molecule has 1 heterocycles. The molecule has 0 radical (unpaired) electrons. The van der Waals surface area contributed by atoms with Gasteiger partial charge < -0.3 is 9.64 Å². The van der Waals surface area contributed by atoms with Crippen molar-refractivity contribution in [3.8, 4) is 0 Å². The maximum atomic E-state index is 12.1. The molecule has 0 N–H and O–H groups in total. The molecule has 1 aromatic rings. The van der Waals surface area contributed by atoms with E-state index in [1.54, 1.807) is 0 Å². The number of benzene rings is 1. The summed E-state index contributed by atoms with van der Waals surface area (Å²) in [6.45, 7) is 4.61. The summed E-state index contributed by atoms with van der Waals surface area (Å²) in [6, 6.07) is 7.80. The third-order valence-electron chi connectivity index (χ3n) is 3.71. The van der Waals surface area contributed by atoms with Gasteiger partial charge in [0, 0.05) is 31.7 Å². The van der Waals surface area contributed by atoms with Crippen molar-refractivity contribution < 1.29 is 9.53 Å². The van der Waals surface area contributed by atoms with E-state index >= 15 is 0 Å². The van der Waals surface area contributed by atoms with Crippen LogP contribution in [0.3, 0.4) is 0 Å². The van der Waals surface area contributed by atoms with Gasteiger partial charge in [-0.15, -0.1) is 0 Å². The topological polar surface area (TPSA) is 29.5 Å². The van der Waals surface area contributed by atoms with E-state index in [9.17, 15) is 4.79 Å². The molecule has 0 aromatic heterocycles. The molecule has 1 atom stereocenters. The molecule has 0 amide bonds. The van der Waals surface area contributed by atoms with Gasteiger partial charge >= 0.3 is 0 Å². The van der Waals surface area contributed by atoms with Crippen LogP contribution < -0.4 is 0 Å². The van der Waals surface area contributed by atoms with E-state index in [0.29, 0.717) is 12.5 Å². The highest BCUT2D eigenvalue weighted by Crippen LogP contribution is 2.14. The van der Waals surface area contributed by atoms with Crippen molar-refractivity contribution in [1.29, 1.82) is 0 Å². The van der Waals surface area contributed by atoms with Crippen LogP contribution >= 0.6 is 0 Å². The van der Waals surface area contributed by atoms with Gasteiger partial charge in [0.25, 0.3) is 0 Å². The second-order valence-electron chi connectivity index (χ2n) is 5.39. The van der Waals surface area contributed by atoms with Crippen molar-refractivity contribution in [1.82, 2.24) is 4.90 Å². The Morgan fingerprint density at radius 1 is 1.42 bits per heavy atom. The third kappa shape index (κ3) is 4.15. The van der Waals surface area contributed by atoms with Gasteiger partial charge in [0.1, 0.15) is 0 Å². The molecule has 19 heavy (non-hydrogen) atoms. The van der Waals surface area contributed by atoms with E-state index < -0.39 is 0 Å². The summed E-state index contributed by atoms with van der Waals surface area (Å²) in [5, 5.41) is 0. The molecular formula is C16H23NO2. The fraction of sp³-hybridized carbons (Fsp3) is 0.562. The van der Waals surface area contributed by atoms with Gasteiger partial charge in [-0.1, -0.05) is 24.3 Å². The molecule has 0 bridgehead atoms. The molecule has 1 saturated heterocycles. The maximum Gasteiger partial charge on any atom is 0.164 e. The van der Waals surface area contributed by atoms with Crippen LogP contribution in [0, 0.1) is 6.92 Å². The smallest absolute Gasteiger partial charge is 0.164 e. The van der Waals surface area contributed by atoms with Crippen LogP contribution in [0.15, 0.2) is 24.3 Å². The van der Waals surface area contributed by atoms with Gasteiger partial charge in [-0.3, -0.25) is 4.79 Å². The minimum atomic E-state index is 0.234. The van der Waals surface area contributed by atoms with Gasteiger partial charge in [-0.25, -0.2) is 0 Å². The molecular weight excluding hydrogens is 238 g/mol. The molecule has 0 saturated carbocycles. The fourth-order valence-corrected chi connectivity index (χ4v) is 2.54. The van der Waals surface area contributed by atoms with Crippen molar-refractivity contribution in [2.24, 2.45) is 0 Å². The van der Waals surface area contributed by atoms with Crippen molar-refractivity contribution in [2.45, 2.75) is 32.3 Å². The van der Waals surface area contributed by atoms with E-state index in [1.807, 2.05) is 31.2 Å². The zero-order chi connectivity index (χ0) is 13.7. The number of aryl methyl sites for hydroxylation is 1. The van der Waals surface area contributed by atoms with Crippen LogP contribution in [0.2, 0.25) is 0 Å². The Morgan fingerprint density at radius 2 is 2.21 bits per heavy atom. The molecule has 3 heteroatoms. The maximum absolute atomic E-state index is 12.1. The summed E-state index contributed by atoms with van der Waals surface area (Å²) >= 11 is 0. The number of hydrogen-bond donors (Lipinski definition) is 0. The first kappa shape index (κ1) is 14.2. The summed E-state index contributed by atoms with van der Waals surface area (Å²) in [6.07, 6.45) is 3.25. The number of Topliss-reactive ketones (excluding diaryl/α,β-unsaturated/α-hetero) is 1. The highest BCUT2D eigenvalue weighted by Gasteiger charge is 2.18. The van der Waals surface area contributed by atoms with Crippen LogP contribution in [-0.4, -0.2) is 43.5 Å². The lowest BCUT2D eigenvalue weighted by molar-refractivity contribution is 0.0778. The number of rotatable bonds is 6. The Labute approximate surface area is 115 Å². The van der Waals surface area contributed by atoms with Crippen molar-refractivity contribution in [2.75, 3.05) is 26.7 Å². The predicted molar refractivity (Wildman–Crippen MR) is 76.6 cm³/mol. The van der Waals surface area contributed by atoms with Gasteiger partial charge in [0.05, 0.1) is 6.10 Å². The summed E-state index contributed by atoms with van der Waals surface area (Å²) < 4.78 is 5.61.